The van der Waals surface area contributed by atoms with Crippen molar-refractivity contribution in [3.8, 4) is 0 Å². The Morgan fingerprint density at radius 2 is 1.23 bits per heavy atom. The van der Waals surface area contributed by atoms with Gasteiger partial charge in [-0.1, -0.05) is 18.2 Å². The highest BCUT2D eigenvalue weighted by Crippen LogP contribution is 2.41. The van der Waals surface area contributed by atoms with Crippen LogP contribution in [0.15, 0.2) is 60.6 Å². The first kappa shape index (κ1) is 41.2. The number of aliphatic hydroxyl groups is 8. The van der Waals surface area contributed by atoms with E-state index < -0.39 is 128 Å². The van der Waals surface area contributed by atoms with Crippen LogP contribution in [0.4, 0.5) is 0 Å². The lowest BCUT2D eigenvalue weighted by Crippen LogP contribution is -2.60. The number of aliphatic carboxylic acids is 1. The van der Waals surface area contributed by atoms with Gasteiger partial charge in [-0.25, -0.2) is 9.59 Å². The summed E-state index contributed by atoms with van der Waals surface area (Å²) in [5.74, 6) is -6.69. The summed E-state index contributed by atoms with van der Waals surface area (Å²) in [7, 11) is 1.11. The number of esters is 1. The van der Waals surface area contributed by atoms with Crippen LogP contribution in [-0.4, -0.2) is 158 Å². The van der Waals surface area contributed by atoms with Crippen molar-refractivity contribution in [2.24, 2.45) is 23.7 Å². The lowest BCUT2D eigenvalue weighted by Gasteiger charge is -2.43. The van der Waals surface area contributed by atoms with Crippen molar-refractivity contribution in [3.63, 3.8) is 0 Å². The fourth-order valence-corrected chi connectivity index (χ4v) is 6.47. The summed E-state index contributed by atoms with van der Waals surface area (Å²) in [6.07, 6.45) is -13.4. The number of rotatable bonds is 14. The zero-order valence-corrected chi connectivity index (χ0v) is 27.8. The molecule has 0 radical (unpaired) electrons. The molecule has 0 bridgehead atoms. The number of carboxylic acid groups (broad SMARTS) is 1. The highest BCUT2D eigenvalue weighted by Gasteiger charge is 2.50. The van der Waals surface area contributed by atoms with E-state index in [2.05, 4.69) is 13.2 Å². The first-order valence-corrected chi connectivity index (χ1v) is 16.1. The van der Waals surface area contributed by atoms with Crippen molar-refractivity contribution >= 4 is 18.2 Å². The van der Waals surface area contributed by atoms with E-state index in [-0.39, 0.29) is 17.6 Å². The molecule has 9 N–H and O–H groups in total. The number of ether oxygens (including phenoxy) is 7. The van der Waals surface area contributed by atoms with E-state index >= 15 is 0 Å². The molecule has 2 saturated heterocycles. The molecular formula is C33H44O19. The van der Waals surface area contributed by atoms with Crippen molar-refractivity contribution in [2.45, 2.75) is 80.4 Å². The van der Waals surface area contributed by atoms with Gasteiger partial charge in [0.15, 0.2) is 12.6 Å². The van der Waals surface area contributed by atoms with Crippen LogP contribution in [0.3, 0.4) is 0 Å². The van der Waals surface area contributed by atoms with Crippen molar-refractivity contribution in [1.29, 1.82) is 0 Å². The van der Waals surface area contributed by atoms with Crippen molar-refractivity contribution in [3.05, 3.63) is 60.6 Å². The predicted octanol–water partition coefficient (Wildman–Crippen LogP) is -3.29. The van der Waals surface area contributed by atoms with Gasteiger partial charge in [0.2, 0.25) is 12.6 Å². The summed E-state index contributed by atoms with van der Waals surface area (Å²) >= 11 is 0. The molecule has 0 unspecified atom stereocenters. The number of aldehydes is 1. The number of carboxylic acids is 1. The molecule has 2 fully saturated rings. The van der Waals surface area contributed by atoms with Gasteiger partial charge in [-0.05, 0) is 12.0 Å². The number of carbonyl (C=O) groups is 3. The normalized spacial score (nSPS) is 41.0. The summed E-state index contributed by atoms with van der Waals surface area (Å²) in [4.78, 5) is 37.9. The van der Waals surface area contributed by atoms with Crippen molar-refractivity contribution < 1.29 is 93.5 Å². The van der Waals surface area contributed by atoms with Gasteiger partial charge >= 0.3 is 11.9 Å². The smallest absolute Gasteiger partial charge is 0.337 e. The predicted molar refractivity (Wildman–Crippen MR) is 168 cm³/mol. The molecule has 16 atom stereocenters. The molecule has 0 spiro atoms. The minimum Gasteiger partial charge on any atom is -0.478 e. The fourth-order valence-electron chi connectivity index (χ4n) is 6.47. The molecule has 0 aromatic rings. The molecule has 0 aromatic carbocycles. The largest absolute Gasteiger partial charge is 0.478 e. The Morgan fingerprint density at radius 3 is 1.65 bits per heavy atom. The van der Waals surface area contributed by atoms with Gasteiger partial charge in [-0.2, -0.15) is 0 Å². The summed E-state index contributed by atoms with van der Waals surface area (Å²) in [6.45, 7) is 6.04. The lowest BCUT2D eigenvalue weighted by molar-refractivity contribution is -0.339. The van der Waals surface area contributed by atoms with Crippen molar-refractivity contribution in [1.82, 2.24) is 0 Å². The molecule has 0 amide bonds. The Morgan fingerprint density at radius 1 is 0.750 bits per heavy atom. The van der Waals surface area contributed by atoms with Gasteiger partial charge in [0.25, 0.3) is 0 Å². The maximum atomic E-state index is 12.8. The molecule has 0 aromatic heterocycles. The molecule has 19 nitrogen and oxygen atoms in total. The molecule has 0 saturated carbocycles. The SMILES string of the molecule is C=C[C@@H]1[C@@H](O[C@@H]2O[C@H](CO)[C@@H](O)[C@H](O)[C@H]2O)OC=C(C(=O)OC)[C@@H]1C/C=C(\C=O)[C@@H]1C(C(=O)O)=CO[C@@H](O[C@H]2O[C@@H](CO)[C@H](O)[C@@H](O)[C@@H]2O)[C@@H]1C=C. The third kappa shape index (κ3) is 8.30. The summed E-state index contributed by atoms with van der Waals surface area (Å²) < 4.78 is 38.4. The molecule has 0 aliphatic carbocycles. The molecule has 19 heteroatoms. The van der Waals surface area contributed by atoms with Gasteiger partial charge in [0.1, 0.15) is 55.1 Å². The maximum absolute atomic E-state index is 12.8. The van der Waals surface area contributed by atoms with Gasteiger partial charge in [0, 0.05) is 17.8 Å². The molecule has 4 aliphatic heterocycles. The number of hydrogen-bond donors (Lipinski definition) is 9. The number of methoxy groups -OCH3 is 1. The Bertz CT molecular complexity index is 1390. The van der Waals surface area contributed by atoms with Gasteiger partial charge < -0.3 is 79.1 Å². The number of hydrogen-bond acceptors (Lipinski definition) is 18. The quantitative estimate of drug-likeness (QED) is 0.0364. The van der Waals surface area contributed by atoms with Crippen LogP contribution in [0.25, 0.3) is 0 Å². The Hall–Kier alpha value is -3.57. The standard InChI is InChI=1S/C33H44O19/c1-4-14-16(17(29(45)46-3)11-47-30(14)51-32-26(41)24(39)22(37)19(9-35)49-32)7-6-13(8-34)21-15(5-2)31(48-12-18(21)28(43)44)52-33-27(42)25(40)23(38)20(10-36)50-33/h4-6,8,11-12,14-16,19-27,30-33,35-42H,1-2,7,9-10H2,3H3,(H,43,44)/b13-6+/t14-,15+,16+,19+,20-,21-,22+,23-,24-,25+,26+,27-,30+,31-,32-,33+/m0/s1. The second-order valence-corrected chi connectivity index (χ2v) is 12.4. The minimum atomic E-state index is -1.83. The third-order valence-electron chi connectivity index (χ3n) is 9.42. The molecule has 4 heterocycles. The van der Waals surface area contributed by atoms with E-state index in [1.165, 1.54) is 18.2 Å². The summed E-state index contributed by atoms with van der Waals surface area (Å²) in [5, 5.41) is 90.9. The Kier molecular flexibility index (Phi) is 14.2. The molecule has 290 valence electrons. The van der Waals surface area contributed by atoms with E-state index in [1.54, 1.807) is 0 Å². The summed E-state index contributed by atoms with van der Waals surface area (Å²) in [6, 6.07) is 0. The Balaban J connectivity index is 1.64. The Labute approximate surface area is 296 Å². The maximum Gasteiger partial charge on any atom is 0.337 e. The van der Waals surface area contributed by atoms with Crippen LogP contribution >= 0.6 is 0 Å². The summed E-state index contributed by atoms with van der Waals surface area (Å²) in [5.41, 5.74) is -0.599. The van der Waals surface area contributed by atoms with Crippen LogP contribution < -0.4 is 0 Å². The van der Waals surface area contributed by atoms with Crippen LogP contribution in [-0.2, 0) is 47.5 Å². The van der Waals surface area contributed by atoms with Crippen molar-refractivity contribution in [2.75, 3.05) is 20.3 Å². The average molecular weight is 745 g/mol. The first-order valence-electron chi connectivity index (χ1n) is 16.1. The van der Waals surface area contributed by atoms with Crippen LogP contribution in [0.5, 0.6) is 0 Å². The monoisotopic (exact) mass is 744 g/mol. The molecular weight excluding hydrogens is 700 g/mol. The topological polar surface area (TPSA) is 298 Å². The van der Waals surface area contributed by atoms with Crippen LogP contribution in [0.1, 0.15) is 6.42 Å². The molecule has 52 heavy (non-hydrogen) atoms. The second kappa shape index (κ2) is 18.0. The van der Waals surface area contributed by atoms with E-state index in [0.717, 1.165) is 19.6 Å². The van der Waals surface area contributed by atoms with Gasteiger partial charge in [-0.15, -0.1) is 13.2 Å². The zero-order chi connectivity index (χ0) is 38.4. The van der Waals surface area contributed by atoms with Crippen LogP contribution in [0, 0.1) is 23.7 Å². The first-order chi connectivity index (χ1) is 24.8. The third-order valence-corrected chi connectivity index (χ3v) is 9.42. The number of aliphatic hydroxyl groups excluding tert-OH is 8. The van der Waals surface area contributed by atoms with Gasteiger partial charge in [0.05, 0.1) is 49.9 Å². The highest BCUT2D eigenvalue weighted by atomic mass is 16.8. The second-order valence-electron chi connectivity index (χ2n) is 12.4. The van der Waals surface area contributed by atoms with E-state index in [1.807, 2.05) is 0 Å². The highest BCUT2D eigenvalue weighted by molar-refractivity contribution is 5.91. The zero-order valence-electron chi connectivity index (χ0n) is 27.8. The van der Waals surface area contributed by atoms with E-state index in [4.69, 9.17) is 33.2 Å². The molecule has 4 rings (SSSR count). The van der Waals surface area contributed by atoms with Crippen LogP contribution in [0.2, 0.25) is 0 Å². The van der Waals surface area contributed by atoms with E-state index in [9.17, 15) is 60.3 Å². The minimum absolute atomic E-state index is 0.0485. The number of allylic oxidation sites excluding steroid dienone is 2. The number of carbonyl (C=O) groups excluding carboxylic acids is 2. The molecule has 4 aliphatic rings. The average Bonchev–Trinajstić information content (AvgIpc) is 3.14. The van der Waals surface area contributed by atoms with Gasteiger partial charge in [-0.3, -0.25) is 4.79 Å². The fraction of sp³-hybridized carbons (Fsp3) is 0.606. The van der Waals surface area contributed by atoms with E-state index in [0.29, 0.717) is 6.29 Å². The lowest BCUT2D eigenvalue weighted by atomic mass is 9.76.